The molecule has 11 heteroatoms. The van der Waals surface area contributed by atoms with Crippen molar-refractivity contribution in [2.75, 3.05) is 5.32 Å². The molecule has 2 amide bonds. The van der Waals surface area contributed by atoms with E-state index in [1.54, 1.807) is 29.8 Å². The third-order valence-corrected chi connectivity index (χ3v) is 6.25. The predicted molar refractivity (Wildman–Crippen MR) is 125 cm³/mol. The van der Waals surface area contributed by atoms with Crippen molar-refractivity contribution in [2.45, 2.75) is 37.2 Å². The molecule has 0 fully saturated rings. The number of nitrogens with one attached hydrogen (secondary N) is 2. The molecule has 3 aromatic rings. The minimum absolute atomic E-state index is 0.0980. The first-order valence-corrected chi connectivity index (χ1v) is 11.1. The molecule has 0 saturated carbocycles. The maximum Gasteiger partial charge on any atom is 0.271 e. The summed E-state index contributed by atoms with van der Waals surface area (Å²) in [5.41, 5.74) is 1.81. The zero-order valence-electron chi connectivity index (χ0n) is 18.4. The summed E-state index contributed by atoms with van der Waals surface area (Å²) in [5.74, 6) is 0.0476. The van der Waals surface area contributed by atoms with Crippen LogP contribution in [0.4, 0.5) is 11.4 Å². The van der Waals surface area contributed by atoms with Crippen molar-refractivity contribution < 1.29 is 14.5 Å². The topological polar surface area (TPSA) is 132 Å². The van der Waals surface area contributed by atoms with E-state index >= 15 is 0 Å². The second kappa shape index (κ2) is 10.7. The molecule has 33 heavy (non-hydrogen) atoms. The van der Waals surface area contributed by atoms with Gasteiger partial charge < -0.3 is 15.2 Å². The Labute approximate surface area is 194 Å². The first-order valence-electron chi connectivity index (χ1n) is 10.2. The Morgan fingerprint density at radius 2 is 1.94 bits per heavy atom. The minimum atomic E-state index is -0.513. The van der Waals surface area contributed by atoms with Crippen LogP contribution in [-0.4, -0.2) is 36.8 Å². The van der Waals surface area contributed by atoms with Gasteiger partial charge in [0.15, 0.2) is 11.0 Å². The van der Waals surface area contributed by atoms with Crippen LogP contribution in [0, 0.1) is 17.0 Å². The molecule has 0 aliphatic heterocycles. The van der Waals surface area contributed by atoms with Crippen LogP contribution in [0.3, 0.4) is 0 Å². The van der Waals surface area contributed by atoms with E-state index in [-0.39, 0.29) is 24.0 Å². The third kappa shape index (κ3) is 6.16. The van der Waals surface area contributed by atoms with E-state index in [1.807, 2.05) is 26.0 Å². The normalized spacial score (nSPS) is 11.6. The zero-order chi connectivity index (χ0) is 24.0. The Kier molecular flexibility index (Phi) is 7.78. The average molecular weight is 469 g/mol. The summed E-state index contributed by atoms with van der Waals surface area (Å²) in [7, 11) is 1.77. The highest BCUT2D eigenvalue weighted by molar-refractivity contribution is 8.00. The van der Waals surface area contributed by atoms with E-state index < -0.39 is 10.2 Å². The van der Waals surface area contributed by atoms with Crippen LogP contribution in [0.2, 0.25) is 0 Å². The number of nitrogens with zero attached hydrogens (tertiary/aromatic N) is 4. The summed E-state index contributed by atoms with van der Waals surface area (Å²) in [6.45, 7) is 3.97. The highest BCUT2D eigenvalue weighted by atomic mass is 32.2. The van der Waals surface area contributed by atoms with E-state index in [0.717, 1.165) is 5.56 Å². The molecule has 0 bridgehead atoms. The van der Waals surface area contributed by atoms with Gasteiger partial charge in [-0.3, -0.25) is 19.7 Å². The van der Waals surface area contributed by atoms with Gasteiger partial charge >= 0.3 is 0 Å². The Morgan fingerprint density at radius 3 is 2.64 bits per heavy atom. The molecular formula is C22H24N6O4S. The highest BCUT2D eigenvalue weighted by Gasteiger charge is 2.22. The van der Waals surface area contributed by atoms with E-state index in [2.05, 4.69) is 20.8 Å². The lowest BCUT2D eigenvalue weighted by atomic mass is 10.1. The molecule has 1 atom stereocenters. The van der Waals surface area contributed by atoms with Crippen LogP contribution in [0.5, 0.6) is 0 Å². The molecule has 0 aliphatic carbocycles. The molecule has 10 nitrogen and oxygen atoms in total. The number of anilines is 1. The Morgan fingerprint density at radius 1 is 1.18 bits per heavy atom. The number of carbonyl (C=O) groups is 2. The molecule has 2 aromatic carbocycles. The number of hydrogen-bond acceptors (Lipinski definition) is 7. The number of carbonyl (C=O) groups excluding carboxylic acids is 2. The average Bonchev–Trinajstić information content (AvgIpc) is 3.14. The third-order valence-electron chi connectivity index (χ3n) is 4.85. The number of non-ortho nitro benzene ring substituents is 1. The molecular weight excluding hydrogens is 444 g/mol. The van der Waals surface area contributed by atoms with Gasteiger partial charge in [-0.2, -0.15) is 0 Å². The summed E-state index contributed by atoms with van der Waals surface area (Å²) in [5, 5.41) is 24.8. The lowest BCUT2D eigenvalue weighted by molar-refractivity contribution is -0.384. The van der Waals surface area contributed by atoms with E-state index in [0.29, 0.717) is 28.7 Å². The van der Waals surface area contributed by atoms with E-state index in [1.165, 1.54) is 30.0 Å². The highest BCUT2D eigenvalue weighted by Crippen LogP contribution is 2.26. The Balaban J connectivity index is 1.62. The van der Waals surface area contributed by atoms with Crippen LogP contribution in [0.1, 0.15) is 35.1 Å². The number of aromatic nitrogens is 3. The summed E-state index contributed by atoms with van der Waals surface area (Å²) in [4.78, 5) is 35.5. The van der Waals surface area contributed by atoms with Gasteiger partial charge in [-0.1, -0.05) is 42.4 Å². The fourth-order valence-corrected chi connectivity index (χ4v) is 3.96. The van der Waals surface area contributed by atoms with Crippen LogP contribution in [-0.2, 0) is 18.4 Å². The van der Waals surface area contributed by atoms with Gasteiger partial charge in [0.2, 0.25) is 5.91 Å². The molecule has 0 saturated heterocycles. The summed E-state index contributed by atoms with van der Waals surface area (Å²) < 4.78 is 1.73. The summed E-state index contributed by atoms with van der Waals surface area (Å²) in [6.07, 6.45) is 0.512. The maximum absolute atomic E-state index is 12.7. The van der Waals surface area contributed by atoms with E-state index in [4.69, 9.17) is 0 Å². The fourth-order valence-electron chi connectivity index (χ4n) is 3.02. The largest absolute Gasteiger partial charge is 0.345 e. The van der Waals surface area contributed by atoms with Crippen LogP contribution in [0.15, 0.2) is 53.7 Å². The van der Waals surface area contributed by atoms with Crippen LogP contribution in [0.25, 0.3) is 0 Å². The molecule has 0 aliphatic rings. The SMILES string of the molecule is CCC(Sc1nnc(CNC(=O)c2cccc(C)c2)n1C)C(=O)Nc1cccc([N+](=O)[O-])c1. The lowest BCUT2D eigenvalue weighted by Gasteiger charge is -2.14. The lowest BCUT2D eigenvalue weighted by Crippen LogP contribution is -2.25. The number of benzene rings is 2. The van der Waals surface area contributed by atoms with Gasteiger partial charge in [-0.15, -0.1) is 10.2 Å². The minimum Gasteiger partial charge on any atom is -0.345 e. The molecule has 2 N–H and O–H groups in total. The molecule has 1 aromatic heterocycles. The monoisotopic (exact) mass is 468 g/mol. The number of amides is 2. The summed E-state index contributed by atoms with van der Waals surface area (Å²) in [6, 6.07) is 13.1. The Hall–Kier alpha value is -3.73. The van der Waals surface area contributed by atoms with Gasteiger partial charge in [0.1, 0.15) is 0 Å². The maximum atomic E-state index is 12.7. The molecule has 3 rings (SSSR count). The van der Waals surface area contributed by atoms with Crippen molar-refractivity contribution in [2.24, 2.45) is 7.05 Å². The zero-order valence-corrected chi connectivity index (χ0v) is 19.3. The molecule has 172 valence electrons. The van der Waals surface area contributed by atoms with Crippen LogP contribution >= 0.6 is 11.8 Å². The standard InChI is InChI=1S/C22H24N6O4S/c1-4-18(21(30)24-16-9-6-10-17(12-16)28(31)32)33-22-26-25-19(27(22)3)13-23-20(29)15-8-5-7-14(2)11-15/h5-12,18H,4,13H2,1-3H3,(H,23,29)(H,24,30). The van der Waals surface area contributed by atoms with Crippen molar-refractivity contribution in [3.63, 3.8) is 0 Å². The van der Waals surface area contributed by atoms with Gasteiger partial charge in [-0.25, -0.2) is 0 Å². The van der Waals surface area contributed by atoms with Gasteiger partial charge in [-0.05, 0) is 31.5 Å². The first kappa shape index (κ1) is 23.9. The number of aryl methyl sites for hydroxylation is 1. The molecule has 0 spiro atoms. The number of nitro groups is 1. The van der Waals surface area contributed by atoms with Crippen molar-refractivity contribution in [1.29, 1.82) is 0 Å². The quantitative estimate of drug-likeness (QED) is 0.279. The molecule has 1 unspecified atom stereocenters. The van der Waals surface area contributed by atoms with E-state index in [9.17, 15) is 19.7 Å². The number of hydrogen-bond donors (Lipinski definition) is 2. The fraction of sp³-hybridized carbons (Fsp3) is 0.273. The number of rotatable bonds is 9. The van der Waals surface area contributed by atoms with Crippen molar-refractivity contribution >= 4 is 35.0 Å². The number of thioether (sulfide) groups is 1. The van der Waals surface area contributed by atoms with Gasteiger partial charge in [0.05, 0.1) is 16.7 Å². The van der Waals surface area contributed by atoms with Crippen LogP contribution < -0.4 is 10.6 Å². The van der Waals surface area contributed by atoms with Gasteiger partial charge in [0.25, 0.3) is 11.6 Å². The van der Waals surface area contributed by atoms with Crippen molar-refractivity contribution in [1.82, 2.24) is 20.1 Å². The second-order valence-corrected chi connectivity index (χ2v) is 8.49. The Bertz CT molecular complexity index is 1180. The second-order valence-electron chi connectivity index (χ2n) is 7.32. The molecule has 0 radical (unpaired) electrons. The van der Waals surface area contributed by atoms with Crippen molar-refractivity contribution in [3.05, 3.63) is 75.6 Å². The van der Waals surface area contributed by atoms with Gasteiger partial charge in [0, 0.05) is 30.4 Å². The smallest absolute Gasteiger partial charge is 0.271 e. The summed E-state index contributed by atoms with van der Waals surface area (Å²) >= 11 is 1.24. The molecule has 1 heterocycles. The van der Waals surface area contributed by atoms with Crippen molar-refractivity contribution in [3.8, 4) is 0 Å². The predicted octanol–water partition coefficient (Wildman–Crippen LogP) is 3.47. The first-order chi connectivity index (χ1) is 15.8. The number of nitro benzene ring substituents is 1.